The number of hydrogen-bond acceptors (Lipinski definition) is 7. The number of benzene rings is 2. The second-order valence-corrected chi connectivity index (χ2v) is 9.83. The van der Waals surface area contributed by atoms with Crippen LogP contribution >= 0.6 is 11.3 Å². The van der Waals surface area contributed by atoms with Crippen LogP contribution in [0.25, 0.3) is 21.1 Å². The van der Waals surface area contributed by atoms with Crippen molar-refractivity contribution in [3.8, 4) is 33.0 Å². The van der Waals surface area contributed by atoms with Crippen molar-refractivity contribution in [2.24, 2.45) is 5.14 Å². The zero-order valence-corrected chi connectivity index (χ0v) is 18.6. The van der Waals surface area contributed by atoms with E-state index in [1.54, 1.807) is 12.1 Å². The Balaban J connectivity index is 1.66. The molecule has 160 valence electrons. The zero-order chi connectivity index (χ0) is 22.2. The average molecular weight is 456 g/mol. The van der Waals surface area contributed by atoms with E-state index in [0.29, 0.717) is 29.2 Å². The lowest BCUT2D eigenvalue weighted by Gasteiger charge is -2.12. The maximum Gasteiger partial charge on any atom is 0.274 e. The number of aromatic nitrogens is 2. The third kappa shape index (κ3) is 4.60. The highest BCUT2D eigenvalue weighted by Crippen LogP contribution is 2.40. The van der Waals surface area contributed by atoms with E-state index in [1.165, 1.54) is 11.3 Å². The molecule has 0 fully saturated rings. The monoisotopic (exact) mass is 455 g/mol. The molecule has 0 spiro atoms. The number of fused-ring (bicyclic) bond motifs is 1. The van der Waals surface area contributed by atoms with E-state index in [9.17, 15) is 13.7 Å². The molecule has 0 aliphatic heterocycles. The molecule has 1 atom stereocenters. The minimum atomic E-state index is -3.79. The van der Waals surface area contributed by atoms with Gasteiger partial charge in [0.25, 0.3) is 10.2 Å². The molecule has 3 N–H and O–H groups in total. The van der Waals surface area contributed by atoms with E-state index in [1.807, 2.05) is 38.1 Å². The third-order valence-electron chi connectivity index (χ3n) is 4.94. The standard InChI is InChI=1S/C21H21N5O3S2/c1-12(2)29-19-9-6-13(10-14(19)11-22)20-24-25-21(30-20)17-5-3-4-16-15(17)7-8-18(16)26-31(23,27)28/h3-6,9-10,12,18,26H,7-8H2,1-2H3,(H2,23,27,28)/t18-/m0/s1. The molecule has 1 aromatic heterocycles. The molecule has 0 bridgehead atoms. The molecule has 0 unspecified atom stereocenters. The Morgan fingerprint density at radius 3 is 2.74 bits per heavy atom. The molecule has 2 aromatic carbocycles. The van der Waals surface area contributed by atoms with Crippen molar-refractivity contribution >= 4 is 21.5 Å². The van der Waals surface area contributed by atoms with Crippen molar-refractivity contribution < 1.29 is 13.2 Å². The number of nitrogens with zero attached hydrogens (tertiary/aromatic N) is 3. The molecule has 0 amide bonds. The lowest BCUT2D eigenvalue weighted by atomic mass is 10.0. The number of nitrogens with two attached hydrogens (primary N) is 1. The summed E-state index contributed by atoms with van der Waals surface area (Å²) >= 11 is 1.42. The SMILES string of the molecule is CC(C)Oc1ccc(-c2nnc(-c3cccc4c3CC[C@@H]4NS(N)(=O)=O)s2)cc1C#N. The molecular formula is C21H21N5O3S2. The summed E-state index contributed by atoms with van der Waals surface area (Å²) in [6, 6.07) is 13.0. The summed E-state index contributed by atoms with van der Waals surface area (Å²) in [5, 5.41) is 24.7. The Hall–Kier alpha value is -2.84. The van der Waals surface area contributed by atoms with E-state index < -0.39 is 10.2 Å². The third-order valence-corrected chi connectivity index (χ3v) is 6.56. The van der Waals surface area contributed by atoms with Gasteiger partial charge in [0.15, 0.2) is 0 Å². The van der Waals surface area contributed by atoms with Crippen LogP contribution in [0.15, 0.2) is 36.4 Å². The highest BCUT2D eigenvalue weighted by atomic mass is 32.2. The van der Waals surface area contributed by atoms with Gasteiger partial charge in [-0.1, -0.05) is 29.5 Å². The largest absolute Gasteiger partial charge is 0.490 e. The summed E-state index contributed by atoms with van der Waals surface area (Å²) in [4.78, 5) is 0. The van der Waals surface area contributed by atoms with Crippen LogP contribution in [0.3, 0.4) is 0 Å². The van der Waals surface area contributed by atoms with Gasteiger partial charge in [0.1, 0.15) is 21.8 Å². The smallest absolute Gasteiger partial charge is 0.274 e. The molecule has 8 nitrogen and oxygen atoms in total. The summed E-state index contributed by atoms with van der Waals surface area (Å²) in [6.45, 7) is 3.82. The fraction of sp³-hybridized carbons (Fsp3) is 0.286. The second-order valence-electron chi connectivity index (χ2n) is 7.53. The summed E-state index contributed by atoms with van der Waals surface area (Å²) < 4.78 is 31.1. The van der Waals surface area contributed by atoms with Gasteiger partial charge < -0.3 is 4.74 Å². The number of rotatable bonds is 6. The van der Waals surface area contributed by atoms with Crippen molar-refractivity contribution in [2.45, 2.75) is 38.8 Å². The van der Waals surface area contributed by atoms with Crippen LogP contribution in [0.2, 0.25) is 0 Å². The average Bonchev–Trinajstić information content (AvgIpc) is 3.34. The molecular weight excluding hydrogens is 434 g/mol. The number of nitriles is 1. The van der Waals surface area contributed by atoms with Crippen LogP contribution in [0, 0.1) is 11.3 Å². The first-order chi connectivity index (χ1) is 14.7. The fourth-order valence-corrected chi connectivity index (χ4v) is 5.27. The summed E-state index contributed by atoms with van der Waals surface area (Å²) in [5.41, 5.74) is 4.12. The lowest BCUT2D eigenvalue weighted by molar-refractivity contribution is 0.242. The molecule has 31 heavy (non-hydrogen) atoms. The zero-order valence-electron chi connectivity index (χ0n) is 17.0. The predicted octanol–water partition coefficient (Wildman–Crippen LogP) is 3.31. The quantitative estimate of drug-likeness (QED) is 0.586. The van der Waals surface area contributed by atoms with Crippen molar-refractivity contribution in [3.63, 3.8) is 0 Å². The molecule has 0 saturated carbocycles. The maximum absolute atomic E-state index is 11.5. The first-order valence-corrected chi connectivity index (χ1v) is 12.1. The Morgan fingerprint density at radius 2 is 2.03 bits per heavy atom. The van der Waals surface area contributed by atoms with Crippen molar-refractivity contribution in [2.75, 3.05) is 0 Å². The van der Waals surface area contributed by atoms with Gasteiger partial charge in [-0.25, -0.2) is 5.14 Å². The molecule has 0 saturated heterocycles. The Labute approximate surface area is 184 Å². The summed E-state index contributed by atoms with van der Waals surface area (Å²) in [5.74, 6) is 0.542. The van der Waals surface area contributed by atoms with Crippen LogP contribution in [-0.2, 0) is 16.6 Å². The van der Waals surface area contributed by atoms with Crippen molar-refractivity contribution in [3.05, 3.63) is 53.1 Å². The van der Waals surface area contributed by atoms with Gasteiger partial charge in [0.05, 0.1) is 11.7 Å². The van der Waals surface area contributed by atoms with Crippen molar-refractivity contribution in [1.29, 1.82) is 5.26 Å². The Morgan fingerprint density at radius 1 is 1.26 bits per heavy atom. The molecule has 3 aromatic rings. The predicted molar refractivity (Wildman–Crippen MR) is 119 cm³/mol. The van der Waals surface area contributed by atoms with Crippen LogP contribution in [0.5, 0.6) is 5.75 Å². The van der Waals surface area contributed by atoms with E-state index in [-0.39, 0.29) is 12.1 Å². The Bertz CT molecular complexity index is 1280. The first-order valence-electron chi connectivity index (χ1n) is 9.72. The minimum absolute atomic E-state index is 0.0289. The topological polar surface area (TPSA) is 131 Å². The molecule has 1 aliphatic carbocycles. The van der Waals surface area contributed by atoms with Crippen LogP contribution in [0.1, 0.15) is 43.0 Å². The normalized spacial score (nSPS) is 15.6. The van der Waals surface area contributed by atoms with Crippen LogP contribution in [-0.4, -0.2) is 24.7 Å². The van der Waals surface area contributed by atoms with E-state index in [4.69, 9.17) is 9.88 Å². The van der Waals surface area contributed by atoms with Gasteiger partial charge in [-0.05, 0) is 56.0 Å². The summed E-state index contributed by atoms with van der Waals surface area (Å²) in [6.07, 6.45) is 1.32. The van der Waals surface area contributed by atoms with E-state index >= 15 is 0 Å². The van der Waals surface area contributed by atoms with Gasteiger partial charge in [-0.3, -0.25) is 0 Å². The van der Waals surface area contributed by atoms with Crippen molar-refractivity contribution in [1.82, 2.24) is 14.9 Å². The van der Waals surface area contributed by atoms with Gasteiger partial charge in [0, 0.05) is 17.2 Å². The number of ether oxygens (including phenoxy) is 1. The number of nitrogens with one attached hydrogen (secondary N) is 1. The van der Waals surface area contributed by atoms with Crippen LogP contribution in [0.4, 0.5) is 0 Å². The Kier molecular flexibility index (Phi) is 5.77. The molecule has 4 rings (SSSR count). The van der Waals surface area contributed by atoms with Gasteiger partial charge in [-0.15, -0.1) is 10.2 Å². The van der Waals surface area contributed by atoms with Gasteiger partial charge >= 0.3 is 0 Å². The van der Waals surface area contributed by atoms with E-state index in [0.717, 1.165) is 27.3 Å². The lowest BCUT2D eigenvalue weighted by Crippen LogP contribution is -2.33. The molecule has 1 heterocycles. The van der Waals surface area contributed by atoms with Gasteiger partial charge in [0.2, 0.25) is 0 Å². The van der Waals surface area contributed by atoms with E-state index in [2.05, 4.69) is 21.0 Å². The molecule has 1 aliphatic rings. The highest BCUT2D eigenvalue weighted by molar-refractivity contribution is 7.87. The molecule has 0 radical (unpaired) electrons. The van der Waals surface area contributed by atoms with Crippen LogP contribution < -0.4 is 14.6 Å². The number of hydrogen-bond donors (Lipinski definition) is 2. The highest BCUT2D eigenvalue weighted by Gasteiger charge is 2.28. The molecule has 10 heteroatoms. The second kappa shape index (κ2) is 8.36. The first kappa shape index (κ1) is 21.4. The maximum atomic E-state index is 11.5. The minimum Gasteiger partial charge on any atom is -0.490 e. The summed E-state index contributed by atoms with van der Waals surface area (Å²) in [7, 11) is -3.79. The fourth-order valence-electron chi connectivity index (χ4n) is 3.73. The van der Waals surface area contributed by atoms with Gasteiger partial charge in [-0.2, -0.15) is 18.4 Å².